The number of rotatable bonds is 2. The molecule has 2 heterocycles. The van der Waals surface area contributed by atoms with Gasteiger partial charge in [0.1, 0.15) is 0 Å². The highest BCUT2D eigenvalue weighted by Gasteiger charge is 2.22. The number of likely N-dealkylation sites (tertiary alicyclic amines) is 1. The number of hydrogen-bond donors (Lipinski definition) is 1. The lowest BCUT2D eigenvalue weighted by molar-refractivity contribution is -0.118. The number of ether oxygens (including phenoxy) is 1. The molecule has 20 heavy (non-hydrogen) atoms. The molecule has 1 amide bonds. The molecule has 0 unspecified atom stereocenters. The quantitative estimate of drug-likeness (QED) is 0.900. The maximum Gasteiger partial charge on any atom is 0.262 e. The molecule has 0 radical (unpaired) electrons. The number of piperidine rings is 1. The molecule has 0 aromatic heterocycles. The highest BCUT2D eigenvalue weighted by atomic mass is 19.1. The van der Waals surface area contributed by atoms with Crippen molar-refractivity contribution >= 4 is 11.6 Å². The molecule has 1 N–H and O–H groups in total. The van der Waals surface area contributed by atoms with Crippen LogP contribution >= 0.6 is 0 Å². The summed E-state index contributed by atoms with van der Waals surface area (Å²) >= 11 is 0. The van der Waals surface area contributed by atoms with Gasteiger partial charge >= 0.3 is 0 Å². The summed E-state index contributed by atoms with van der Waals surface area (Å²) in [5.74, 6) is 0.138. The molecule has 1 aromatic rings. The number of nitrogens with one attached hydrogen (secondary N) is 1. The molecule has 0 saturated carbocycles. The number of anilines is 1. The molecule has 4 nitrogen and oxygen atoms in total. The molecule has 3 rings (SSSR count). The first-order chi connectivity index (χ1) is 9.61. The van der Waals surface area contributed by atoms with E-state index < -0.39 is 0 Å². The Balaban J connectivity index is 1.75. The Kier molecular flexibility index (Phi) is 3.61. The van der Waals surface area contributed by atoms with Gasteiger partial charge in [0.25, 0.3) is 5.91 Å². The van der Waals surface area contributed by atoms with Crippen LogP contribution in [0, 0.1) is 11.7 Å². The van der Waals surface area contributed by atoms with Gasteiger partial charge < -0.3 is 15.0 Å². The summed E-state index contributed by atoms with van der Waals surface area (Å²) < 4.78 is 19.1. The molecule has 2 aliphatic rings. The fraction of sp³-hybridized carbons (Fsp3) is 0.533. The van der Waals surface area contributed by atoms with Crippen molar-refractivity contribution in [1.82, 2.24) is 4.90 Å². The summed E-state index contributed by atoms with van der Waals surface area (Å²) in [6, 6.07) is 3.38. The SMILES string of the molecule is CN1CCC(Cc2cc(F)c3c(c2)NC(=O)CO3)CC1. The zero-order chi connectivity index (χ0) is 14.1. The van der Waals surface area contributed by atoms with Crippen LogP contribution in [0.15, 0.2) is 12.1 Å². The molecule has 0 aliphatic carbocycles. The second-order valence-electron chi connectivity index (χ2n) is 5.74. The van der Waals surface area contributed by atoms with Crippen LogP contribution in [0.5, 0.6) is 5.75 Å². The monoisotopic (exact) mass is 278 g/mol. The number of hydrogen-bond acceptors (Lipinski definition) is 3. The third-order valence-electron chi connectivity index (χ3n) is 4.09. The van der Waals surface area contributed by atoms with Crippen molar-refractivity contribution in [2.24, 2.45) is 5.92 Å². The van der Waals surface area contributed by atoms with Crippen molar-refractivity contribution in [3.8, 4) is 5.75 Å². The van der Waals surface area contributed by atoms with Crippen LogP contribution in [-0.2, 0) is 11.2 Å². The molecule has 108 valence electrons. The third-order valence-corrected chi connectivity index (χ3v) is 4.09. The number of halogens is 1. The Morgan fingerprint density at radius 3 is 2.90 bits per heavy atom. The van der Waals surface area contributed by atoms with Crippen molar-refractivity contribution in [2.75, 3.05) is 32.1 Å². The van der Waals surface area contributed by atoms with Gasteiger partial charge in [0.2, 0.25) is 0 Å². The van der Waals surface area contributed by atoms with E-state index in [4.69, 9.17) is 4.74 Å². The Labute approximate surface area is 117 Å². The molecule has 0 bridgehead atoms. The molecule has 1 saturated heterocycles. The zero-order valence-corrected chi connectivity index (χ0v) is 11.6. The minimum absolute atomic E-state index is 0.113. The minimum atomic E-state index is -0.384. The van der Waals surface area contributed by atoms with Crippen molar-refractivity contribution < 1.29 is 13.9 Å². The smallest absolute Gasteiger partial charge is 0.262 e. The predicted molar refractivity (Wildman–Crippen MR) is 74.4 cm³/mol. The lowest BCUT2D eigenvalue weighted by atomic mass is 9.90. The van der Waals surface area contributed by atoms with E-state index in [0.717, 1.165) is 37.9 Å². The summed E-state index contributed by atoms with van der Waals surface area (Å²) in [5.41, 5.74) is 1.39. The van der Waals surface area contributed by atoms with Gasteiger partial charge in [0.05, 0.1) is 5.69 Å². The van der Waals surface area contributed by atoms with Crippen LogP contribution < -0.4 is 10.1 Å². The summed E-state index contributed by atoms with van der Waals surface area (Å²) in [6.45, 7) is 2.08. The van der Waals surface area contributed by atoms with E-state index >= 15 is 0 Å². The number of carbonyl (C=O) groups is 1. The Morgan fingerprint density at radius 2 is 2.15 bits per heavy atom. The van der Waals surface area contributed by atoms with Crippen molar-refractivity contribution in [3.05, 3.63) is 23.5 Å². The van der Waals surface area contributed by atoms with E-state index in [0.29, 0.717) is 11.6 Å². The maximum absolute atomic E-state index is 14.0. The van der Waals surface area contributed by atoms with Crippen molar-refractivity contribution in [1.29, 1.82) is 0 Å². The fourth-order valence-corrected chi connectivity index (χ4v) is 2.93. The standard InChI is InChI=1S/C15H19FN2O2/c1-18-4-2-10(3-5-18)6-11-7-12(16)15-13(8-11)17-14(19)9-20-15/h7-8,10H,2-6,9H2,1H3,(H,17,19). The molecule has 2 aliphatic heterocycles. The topological polar surface area (TPSA) is 41.6 Å². The molecular weight excluding hydrogens is 259 g/mol. The van der Waals surface area contributed by atoms with Gasteiger partial charge in [-0.1, -0.05) is 0 Å². The summed E-state index contributed by atoms with van der Waals surface area (Å²) in [6.07, 6.45) is 3.13. The molecule has 1 fully saturated rings. The van der Waals surface area contributed by atoms with Gasteiger partial charge in [-0.15, -0.1) is 0 Å². The van der Waals surface area contributed by atoms with Crippen molar-refractivity contribution in [2.45, 2.75) is 19.3 Å². The Bertz CT molecular complexity index is 525. The largest absolute Gasteiger partial charge is 0.478 e. The number of fused-ring (bicyclic) bond motifs is 1. The summed E-state index contributed by atoms with van der Waals surface area (Å²) in [7, 11) is 2.13. The second kappa shape index (κ2) is 5.40. The normalized spacial score (nSPS) is 20.2. The van der Waals surface area contributed by atoms with E-state index in [1.807, 2.05) is 6.07 Å². The van der Waals surface area contributed by atoms with E-state index in [-0.39, 0.29) is 24.1 Å². The molecular formula is C15H19FN2O2. The highest BCUT2D eigenvalue weighted by Crippen LogP contribution is 2.33. The van der Waals surface area contributed by atoms with Crippen LogP contribution in [0.25, 0.3) is 0 Å². The van der Waals surface area contributed by atoms with Crippen LogP contribution in [0.3, 0.4) is 0 Å². The summed E-state index contributed by atoms with van der Waals surface area (Å²) in [4.78, 5) is 13.6. The van der Waals surface area contributed by atoms with Gasteiger partial charge in [-0.3, -0.25) is 4.79 Å². The molecule has 1 aromatic carbocycles. The van der Waals surface area contributed by atoms with Crippen LogP contribution in [0.2, 0.25) is 0 Å². The Morgan fingerprint density at radius 1 is 1.40 bits per heavy atom. The van der Waals surface area contributed by atoms with Gasteiger partial charge in [-0.25, -0.2) is 4.39 Å². The van der Waals surface area contributed by atoms with E-state index in [9.17, 15) is 9.18 Å². The second-order valence-corrected chi connectivity index (χ2v) is 5.74. The van der Waals surface area contributed by atoms with Crippen LogP contribution in [-0.4, -0.2) is 37.6 Å². The average Bonchev–Trinajstić information content (AvgIpc) is 2.41. The van der Waals surface area contributed by atoms with Gasteiger partial charge in [0, 0.05) is 0 Å². The van der Waals surface area contributed by atoms with Gasteiger partial charge in [-0.05, 0) is 63.0 Å². The highest BCUT2D eigenvalue weighted by molar-refractivity contribution is 5.95. The van der Waals surface area contributed by atoms with Crippen LogP contribution in [0.4, 0.5) is 10.1 Å². The van der Waals surface area contributed by atoms with Crippen molar-refractivity contribution in [3.63, 3.8) is 0 Å². The first-order valence-corrected chi connectivity index (χ1v) is 7.05. The fourth-order valence-electron chi connectivity index (χ4n) is 2.93. The lowest BCUT2D eigenvalue weighted by Crippen LogP contribution is -2.31. The zero-order valence-electron chi connectivity index (χ0n) is 11.6. The molecule has 5 heteroatoms. The first-order valence-electron chi connectivity index (χ1n) is 7.05. The number of nitrogens with zero attached hydrogens (tertiary/aromatic N) is 1. The number of amides is 1. The van der Waals surface area contributed by atoms with Gasteiger partial charge in [0.15, 0.2) is 18.2 Å². The minimum Gasteiger partial charge on any atom is -0.478 e. The average molecular weight is 278 g/mol. The van der Waals surface area contributed by atoms with Crippen LogP contribution in [0.1, 0.15) is 18.4 Å². The van der Waals surface area contributed by atoms with E-state index in [2.05, 4.69) is 17.3 Å². The predicted octanol–water partition coefficient (Wildman–Crippen LogP) is 2.04. The summed E-state index contributed by atoms with van der Waals surface area (Å²) in [5, 5.41) is 2.67. The maximum atomic E-state index is 14.0. The van der Waals surface area contributed by atoms with Gasteiger partial charge in [-0.2, -0.15) is 0 Å². The Hall–Kier alpha value is -1.62. The van der Waals surface area contributed by atoms with E-state index in [1.165, 1.54) is 6.07 Å². The number of carbonyl (C=O) groups excluding carboxylic acids is 1. The molecule has 0 spiro atoms. The first kappa shape index (κ1) is 13.4. The molecule has 0 atom stereocenters. The third kappa shape index (κ3) is 2.77. The lowest BCUT2D eigenvalue weighted by Gasteiger charge is -2.29. The number of benzene rings is 1. The van der Waals surface area contributed by atoms with E-state index in [1.54, 1.807) is 0 Å².